The van der Waals surface area contributed by atoms with Crippen molar-refractivity contribution in [1.29, 1.82) is 0 Å². The first-order valence-electron chi connectivity index (χ1n) is 9.55. The normalized spacial score (nSPS) is 15.9. The zero-order chi connectivity index (χ0) is 20.6. The van der Waals surface area contributed by atoms with Crippen LogP contribution >= 0.6 is 0 Å². The fourth-order valence-corrected chi connectivity index (χ4v) is 3.29. The van der Waals surface area contributed by atoms with Crippen molar-refractivity contribution in [3.63, 3.8) is 0 Å². The molecule has 154 valence electrons. The van der Waals surface area contributed by atoms with Crippen LogP contribution in [0.3, 0.4) is 0 Å². The highest BCUT2D eigenvalue weighted by atomic mass is 16.5. The van der Waals surface area contributed by atoms with E-state index < -0.39 is 0 Å². The molecule has 0 radical (unpaired) electrons. The third-order valence-corrected chi connectivity index (χ3v) is 4.92. The van der Waals surface area contributed by atoms with Gasteiger partial charge in [0.2, 0.25) is 11.8 Å². The number of ether oxygens (including phenoxy) is 3. The monoisotopic (exact) mass is 398 g/mol. The minimum Gasteiger partial charge on any atom is -0.497 e. The van der Waals surface area contributed by atoms with Gasteiger partial charge in [0.25, 0.3) is 0 Å². The van der Waals surface area contributed by atoms with Crippen LogP contribution in [0.15, 0.2) is 48.5 Å². The Balaban J connectivity index is 1.44. The Labute approximate surface area is 170 Å². The van der Waals surface area contributed by atoms with Crippen molar-refractivity contribution in [2.24, 2.45) is 5.92 Å². The van der Waals surface area contributed by atoms with Crippen molar-refractivity contribution in [2.75, 3.05) is 33.9 Å². The van der Waals surface area contributed by atoms with E-state index in [1.54, 1.807) is 19.1 Å². The number of amides is 2. The summed E-state index contributed by atoms with van der Waals surface area (Å²) >= 11 is 0. The largest absolute Gasteiger partial charge is 0.497 e. The molecule has 0 spiro atoms. The second kappa shape index (κ2) is 9.82. The molecule has 7 nitrogen and oxygen atoms in total. The van der Waals surface area contributed by atoms with Gasteiger partial charge in [-0.3, -0.25) is 9.59 Å². The molecule has 2 aromatic rings. The molecule has 3 rings (SSSR count). The van der Waals surface area contributed by atoms with Gasteiger partial charge in [-0.1, -0.05) is 18.2 Å². The van der Waals surface area contributed by atoms with Gasteiger partial charge < -0.3 is 24.4 Å². The molecule has 1 unspecified atom stereocenters. The van der Waals surface area contributed by atoms with Crippen molar-refractivity contribution in [3.8, 4) is 17.2 Å². The average Bonchev–Trinajstić information content (AvgIpc) is 3.13. The number of methoxy groups -OCH3 is 2. The number of carbonyl (C=O) groups excluding carboxylic acids is 2. The van der Waals surface area contributed by atoms with Crippen LogP contribution in [-0.4, -0.2) is 50.6 Å². The van der Waals surface area contributed by atoms with Gasteiger partial charge in [-0.2, -0.15) is 0 Å². The summed E-state index contributed by atoms with van der Waals surface area (Å²) < 4.78 is 16.1. The maximum absolute atomic E-state index is 12.5. The van der Waals surface area contributed by atoms with Crippen molar-refractivity contribution in [2.45, 2.75) is 13.0 Å². The molecular formula is C22H26N2O5. The predicted octanol–water partition coefficient (Wildman–Crippen LogP) is 2.25. The molecule has 1 aliphatic rings. The average molecular weight is 398 g/mol. The molecule has 1 N–H and O–H groups in total. The molecule has 2 amide bonds. The van der Waals surface area contributed by atoms with E-state index in [-0.39, 0.29) is 24.2 Å². The van der Waals surface area contributed by atoms with Crippen LogP contribution in [0, 0.1) is 5.92 Å². The molecular weight excluding hydrogens is 372 g/mol. The van der Waals surface area contributed by atoms with Crippen LogP contribution in [0.5, 0.6) is 17.2 Å². The summed E-state index contributed by atoms with van der Waals surface area (Å²) in [4.78, 5) is 26.4. The smallest absolute Gasteiger partial charge is 0.225 e. The Bertz CT molecular complexity index is 837. The lowest BCUT2D eigenvalue weighted by Gasteiger charge is -2.17. The number of likely N-dealkylation sites (tertiary alicyclic amines) is 1. The van der Waals surface area contributed by atoms with Crippen LogP contribution in [0.2, 0.25) is 0 Å². The number of carbonyl (C=O) groups is 2. The van der Waals surface area contributed by atoms with E-state index in [0.29, 0.717) is 32.0 Å². The Morgan fingerprint density at radius 1 is 1.07 bits per heavy atom. The van der Waals surface area contributed by atoms with Gasteiger partial charge in [0.05, 0.1) is 26.7 Å². The summed E-state index contributed by atoms with van der Waals surface area (Å²) in [7, 11) is 3.21. The first-order chi connectivity index (χ1) is 14.1. The Morgan fingerprint density at radius 3 is 2.52 bits per heavy atom. The molecule has 0 saturated carbocycles. The summed E-state index contributed by atoms with van der Waals surface area (Å²) in [6, 6.07) is 14.8. The van der Waals surface area contributed by atoms with E-state index in [1.165, 1.54) is 0 Å². The van der Waals surface area contributed by atoms with Gasteiger partial charge in [-0.25, -0.2) is 0 Å². The van der Waals surface area contributed by atoms with E-state index in [0.717, 1.165) is 17.1 Å². The number of nitrogens with zero attached hydrogens (tertiary/aromatic N) is 1. The lowest BCUT2D eigenvalue weighted by Crippen LogP contribution is -2.34. The summed E-state index contributed by atoms with van der Waals surface area (Å²) in [5, 5.41) is 2.91. The molecule has 1 fully saturated rings. The number of hydrogen-bond donors (Lipinski definition) is 1. The van der Waals surface area contributed by atoms with Crippen LogP contribution in [-0.2, 0) is 16.1 Å². The molecule has 1 saturated heterocycles. The summed E-state index contributed by atoms with van der Waals surface area (Å²) in [6.45, 7) is 1.59. The molecule has 7 heteroatoms. The first kappa shape index (κ1) is 20.5. The zero-order valence-corrected chi connectivity index (χ0v) is 16.7. The molecule has 1 aliphatic heterocycles. The lowest BCUT2D eigenvalue weighted by molar-refractivity contribution is -0.129. The molecule has 1 atom stereocenters. The van der Waals surface area contributed by atoms with Crippen molar-refractivity contribution < 1.29 is 23.8 Å². The van der Waals surface area contributed by atoms with E-state index in [4.69, 9.17) is 14.2 Å². The van der Waals surface area contributed by atoms with E-state index in [2.05, 4.69) is 5.32 Å². The molecule has 1 heterocycles. The van der Waals surface area contributed by atoms with Crippen LogP contribution in [0.25, 0.3) is 0 Å². The standard InChI is InChI=1S/C22H26N2O5/c1-27-18-7-9-19(10-8-18)29-12-11-24-15-17(13-21(24)25)22(26)23-14-16-5-3-4-6-20(16)28-2/h3-10,17H,11-15H2,1-2H3,(H,23,26). The zero-order valence-electron chi connectivity index (χ0n) is 16.7. The summed E-state index contributed by atoms with van der Waals surface area (Å²) in [6.07, 6.45) is 0.223. The van der Waals surface area contributed by atoms with Gasteiger partial charge in [0, 0.05) is 25.1 Å². The third kappa shape index (κ3) is 5.40. The highest BCUT2D eigenvalue weighted by molar-refractivity contribution is 5.89. The maximum Gasteiger partial charge on any atom is 0.225 e. The molecule has 0 aromatic heterocycles. The molecule has 29 heavy (non-hydrogen) atoms. The Kier molecular flexibility index (Phi) is 6.94. The number of hydrogen-bond acceptors (Lipinski definition) is 5. The van der Waals surface area contributed by atoms with Crippen LogP contribution < -0.4 is 19.5 Å². The lowest BCUT2D eigenvalue weighted by atomic mass is 10.1. The van der Waals surface area contributed by atoms with Crippen molar-refractivity contribution in [3.05, 3.63) is 54.1 Å². The Morgan fingerprint density at radius 2 is 1.79 bits per heavy atom. The van der Waals surface area contributed by atoms with Crippen LogP contribution in [0.4, 0.5) is 0 Å². The second-order valence-electron chi connectivity index (χ2n) is 6.79. The fourth-order valence-electron chi connectivity index (χ4n) is 3.29. The topological polar surface area (TPSA) is 77.1 Å². The fraction of sp³-hybridized carbons (Fsp3) is 0.364. The van der Waals surface area contributed by atoms with Crippen LogP contribution in [0.1, 0.15) is 12.0 Å². The SMILES string of the molecule is COc1ccc(OCCN2CC(C(=O)NCc3ccccc3OC)CC2=O)cc1. The van der Waals surface area contributed by atoms with Gasteiger partial charge >= 0.3 is 0 Å². The minimum atomic E-state index is -0.349. The number of rotatable bonds is 9. The molecule has 2 aromatic carbocycles. The van der Waals surface area contributed by atoms with E-state index in [1.807, 2.05) is 48.5 Å². The third-order valence-electron chi connectivity index (χ3n) is 4.92. The quantitative estimate of drug-likeness (QED) is 0.701. The second-order valence-corrected chi connectivity index (χ2v) is 6.79. The number of nitrogens with one attached hydrogen (secondary N) is 1. The number of para-hydroxylation sites is 1. The van der Waals surface area contributed by atoms with Gasteiger partial charge in [-0.05, 0) is 30.3 Å². The van der Waals surface area contributed by atoms with Gasteiger partial charge in [0.15, 0.2) is 0 Å². The molecule has 0 aliphatic carbocycles. The summed E-state index contributed by atoms with van der Waals surface area (Å²) in [5.41, 5.74) is 0.900. The van der Waals surface area contributed by atoms with E-state index in [9.17, 15) is 9.59 Å². The number of benzene rings is 2. The highest BCUT2D eigenvalue weighted by Gasteiger charge is 2.34. The first-order valence-corrected chi connectivity index (χ1v) is 9.55. The highest BCUT2D eigenvalue weighted by Crippen LogP contribution is 2.21. The van der Waals surface area contributed by atoms with Crippen molar-refractivity contribution in [1.82, 2.24) is 10.2 Å². The Hall–Kier alpha value is -3.22. The summed E-state index contributed by atoms with van der Waals surface area (Å²) in [5.74, 6) is 1.70. The van der Waals surface area contributed by atoms with Gasteiger partial charge in [0.1, 0.15) is 23.9 Å². The maximum atomic E-state index is 12.5. The van der Waals surface area contributed by atoms with Crippen molar-refractivity contribution >= 4 is 11.8 Å². The minimum absolute atomic E-state index is 0.0271. The molecule has 0 bridgehead atoms. The van der Waals surface area contributed by atoms with Gasteiger partial charge in [-0.15, -0.1) is 0 Å². The predicted molar refractivity (Wildman–Crippen MR) is 108 cm³/mol. The van der Waals surface area contributed by atoms with E-state index >= 15 is 0 Å².